The molecular weight excluding hydrogens is 761 g/mol. The highest BCUT2D eigenvalue weighted by Crippen LogP contribution is 2.39. The summed E-state index contributed by atoms with van der Waals surface area (Å²) in [5, 5.41) is 21.3. The third-order valence-corrected chi connectivity index (χ3v) is 16.0. The topological polar surface area (TPSA) is 168 Å². The summed E-state index contributed by atoms with van der Waals surface area (Å²) in [4.78, 5) is 24.9. The SMILES string of the molecule is CCOC(=O)C(C)(C)CCCCCC(C#N)(CCCCCC(C#N)(CCCCCC(C)(C)C(=O)OCC)S(=O)(=O)c1ccc(C)cc1)S(=O)(=O)c1ccc(C)cc1. The van der Waals surface area contributed by atoms with E-state index in [1.54, 1.807) is 38.1 Å². The normalized spacial score (nSPS) is 14.4. The number of hydrogen-bond acceptors (Lipinski definition) is 10. The Balaban J connectivity index is 2.27. The van der Waals surface area contributed by atoms with Gasteiger partial charge in [0.25, 0.3) is 0 Å². The number of hydrogen-bond donors (Lipinski definition) is 0. The molecule has 2 atom stereocenters. The first-order chi connectivity index (χ1) is 26.7. The third-order valence-electron chi connectivity index (χ3n) is 11.2. The van der Waals surface area contributed by atoms with Crippen LogP contribution in [0.5, 0.6) is 0 Å². The highest BCUT2D eigenvalue weighted by atomic mass is 32.2. The third kappa shape index (κ3) is 13.1. The molecule has 0 bridgehead atoms. The Bertz CT molecular complexity index is 1770. The van der Waals surface area contributed by atoms with Gasteiger partial charge in [-0.1, -0.05) is 93.2 Å². The fourth-order valence-corrected chi connectivity index (χ4v) is 11.0. The summed E-state index contributed by atoms with van der Waals surface area (Å²) in [6, 6.07) is 17.4. The number of ether oxygens (including phenoxy) is 2. The first kappa shape index (κ1) is 49.4. The van der Waals surface area contributed by atoms with E-state index in [2.05, 4.69) is 12.1 Å². The summed E-state index contributed by atoms with van der Waals surface area (Å²) in [7, 11) is -8.20. The number of carbonyl (C=O) groups is 2. The molecule has 0 saturated heterocycles. The Labute approximate surface area is 343 Å². The van der Waals surface area contributed by atoms with E-state index in [-0.39, 0.29) is 47.4 Å². The Kier molecular flexibility index (Phi) is 18.9. The molecule has 12 heteroatoms. The van der Waals surface area contributed by atoms with Gasteiger partial charge in [-0.2, -0.15) is 10.5 Å². The molecule has 0 aliphatic rings. The molecule has 0 aliphatic heterocycles. The van der Waals surface area contributed by atoms with Gasteiger partial charge in [-0.3, -0.25) is 9.59 Å². The zero-order valence-corrected chi connectivity index (χ0v) is 37.2. The molecule has 0 aliphatic carbocycles. The number of nitriles is 2. The molecule has 0 heterocycles. The number of nitrogens with zero attached hydrogens (tertiary/aromatic N) is 2. The number of benzene rings is 2. The lowest BCUT2D eigenvalue weighted by atomic mass is 9.86. The van der Waals surface area contributed by atoms with E-state index >= 15 is 0 Å². The quantitative estimate of drug-likeness (QED) is 0.0657. The largest absolute Gasteiger partial charge is 0.466 e. The first-order valence-corrected chi connectivity index (χ1v) is 23.5. The maximum atomic E-state index is 14.2. The number of carbonyl (C=O) groups excluding carboxylic acids is 2. The van der Waals surface area contributed by atoms with Gasteiger partial charge >= 0.3 is 11.9 Å². The smallest absolute Gasteiger partial charge is 0.311 e. The van der Waals surface area contributed by atoms with E-state index in [0.29, 0.717) is 83.8 Å². The van der Waals surface area contributed by atoms with Crippen molar-refractivity contribution in [1.82, 2.24) is 0 Å². The Morgan fingerprint density at radius 1 is 0.509 bits per heavy atom. The van der Waals surface area contributed by atoms with Crippen LogP contribution in [0.1, 0.15) is 149 Å². The maximum Gasteiger partial charge on any atom is 0.311 e. The average molecular weight is 827 g/mol. The van der Waals surface area contributed by atoms with Gasteiger partial charge in [0, 0.05) is 0 Å². The second kappa shape index (κ2) is 21.9. The van der Waals surface area contributed by atoms with Crippen LogP contribution in [0, 0.1) is 47.3 Å². The number of sulfone groups is 2. The van der Waals surface area contributed by atoms with Crippen LogP contribution in [0.25, 0.3) is 0 Å². The van der Waals surface area contributed by atoms with Crippen LogP contribution >= 0.6 is 0 Å². The average Bonchev–Trinajstić information content (AvgIpc) is 3.16. The summed E-state index contributed by atoms with van der Waals surface area (Å²) in [5.74, 6) is -0.555. The molecule has 2 aromatic rings. The maximum absolute atomic E-state index is 14.2. The fourth-order valence-electron chi connectivity index (χ4n) is 7.18. The standard InChI is InChI=1S/C45H66N2O8S2/c1-9-54-40(48)42(5,6)28-14-11-16-30-44(34-46,56(50,51)38-24-20-36(3)21-25-38)32-18-13-19-33-45(35-47,57(52,53)39-26-22-37(4)23-27-39)31-17-12-15-29-43(7,8)41(49)55-10-2/h20-27H,9-19,28-33H2,1-8H3. The van der Waals surface area contributed by atoms with E-state index in [1.165, 1.54) is 24.3 Å². The van der Waals surface area contributed by atoms with Crippen LogP contribution in [0.15, 0.2) is 58.3 Å². The predicted molar refractivity (Wildman–Crippen MR) is 224 cm³/mol. The molecule has 316 valence electrons. The van der Waals surface area contributed by atoms with Gasteiger partial charge in [0.05, 0.1) is 46.0 Å². The van der Waals surface area contributed by atoms with Crippen molar-refractivity contribution < 1.29 is 35.9 Å². The molecule has 10 nitrogen and oxygen atoms in total. The summed E-state index contributed by atoms with van der Waals surface area (Å²) < 4.78 is 63.9. The highest BCUT2D eigenvalue weighted by molar-refractivity contribution is 7.93. The van der Waals surface area contributed by atoms with Gasteiger partial charge in [-0.25, -0.2) is 16.8 Å². The number of aryl methyl sites for hydroxylation is 2. The molecule has 2 rings (SSSR count). The number of esters is 2. The van der Waals surface area contributed by atoms with Crippen molar-refractivity contribution in [3.8, 4) is 12.1 Å². The molecular formula is C45H66N2O8S2. The lowest BCUT2D eigenvalue weighted by molar-refractivity contribution is -0.154. The molecule has 0 fully saturated rings. The zero-order chi connectivity index (χ0) is 43.0. The molecule has 0 aromatic heterocycles. The van der Waals surface area contributed by atoms with E-state index < -0.39 is 40.0 Å². The van der Waals surface area contributed by atoms with Crippen LogP contribution < -0.4 is 0 Å². The molecule has 2 unspecified atom stereocenters. The Morgan fingerprint density at radius 2 is 0.772 bits per heavy atom. The summed E-state index contributed by atoms with van der Waals surface area (Å²) >= 11 is 0. The molecule has 0 saturated carbocycles. The second-order valence-corrected chi connectivity index (χ2v) is 21.3. The molecule has 2 aromatic carbocycles. The summed E-state index contributed by atoms with van der Waals surface area (Å²) in [5.41, 5.74) is 0.428. The molecule has 0 N–H and O–H groups in total. The highest BCUT2D eigenvalue weighted by Gasteiger charge is 2.46. The molecule has 0 spiro atoms. The van der Waals surface area contributed by atoms with Crippen LogP contribution in [0.4, 0.5) is 0 Å². The van der Waals surface area contributed by atoms with E-state index in [1.807, 2.05) is 41.5 Å². The van der Waals surface area contributed by atoms with Gasteiger partial charge in [-0.05, 0) is 118 Å². The van der Waals surface area contributed by atoms with Crippen molar-refractivity contribution in [2.24, 2.45) is 10.8 Å². The predicted octanol–water partition coefficient (Wildman–Crippen LogP) is 10.1. The van der Waals surface area contributed by atoms with Crippen LogP contribution in [0.3, 0.4) is 0 Å². The number of rotatable bonds is 26. The van der Waals surface area contributed by atoms with Crippen LogP contribution in [-0.2, 0) is 38.7 Å². The minimum absolute atomic E-state index is 0.0501. The van der Waals surface area contributed by atoms with Crippen molar-refractivity contribution in [3.05, 3.63) is 59.7 Å². The summed E-state index contributed by atoms with van der Waals surface area (Å²) in [6.45, 7) is 15.1. The van der Waals surface area contributed by atoms with Gasteiger partial charge in [-0.15, -0.1) is 0 Å². The Hall–Kier alpha value is -3.74. The minimum Gasteiger partial charge on any atom is -0.466 e. The lowest BCUT2D eigenvalue weighted by Crippen LogP contribution is -2.38. The summed E-state index contributed by atoms with van der Waals surface area (Å²) in [6.07, 6.45) is 6.02. The van der Waals surface area contributed by atoms with Crippen molar-refractivity contribution in [1.29, 1.82) is 10.5 Å². The van der Waals surface area contributed by atoms with Crippen molar-refractivity contribution >= 4 is 31.6 Å². The van der Waals surface area contributed by atoms with Crippen LogP contribution in [-0.4, -0.2) is 51.5 Å². The zero-order valence-electron chi connectivity index (χ0n) is 35.6. The van der Waals surface area contributed by atoms with Crippen molar-refractivity contribution in [3.63, 3.8) is 0 Å². The lowest BCUT2D eigenvalue weighted by Gasteiger charge is -2.29. The van der Waals surface area contributed by atoms with E-state index in [4.69, 9.17) is 9.47 Å². The first-order valence-electron chi connectivity index (χ1n) is 20.5. The van der Waals surface area contributed by atoms with E-state index in [9.17, 15) is 36.9 Å². The molecule has 57 heavy (non-hydrogen) atoms. The minimum atomic E-state index is -4.10. The van der Waals surface area contributed by atoms with Gasteiger partial charge in [0.15, 0.2) is 29.2 Å². The number of unbranched alkanes of at least 4 members (excludes halogenated alkanes) is 6. The van der Waals surface area contributed by atoms with Gasteiger partial charge in [0.1, 0.15) is 0 Å². The monoisotopic (exact) mass is 826 g/mol. The van der Waals surface area contributed by atoms with Gasteiger partial charge < -0.3 is 9.47 Å². The Morgan fingerprint density at radius 3 is 1.02 bits per heavy atom. The fraction of sp³-hybridized carbons (Fsp3) is 0.644. The van der Waals surface area contributed by atoms with Crippen LogP contribution in [0.2, 0.25) is 0 Å². The molecule has 0 amide bonds. The van der Waals surface area contributed by atoms with Gasteiger partial charge in [0.2, 0.25) is 0 Å². The van der Waals surface area contributed by atoms with Crippen molar-refractivity contribution in [2.45, 2.75) is 171 Å². The molecule has 0 radical (unpaired) electrons. The van der Waals surface area contributed by atoms with E-state index in [0.717, 1.165) is 11.1 Å². The second-order valence-electron chi connectivity index (χ2n) is 16.7. The van der Waals surface area contributed by atoms with Crippen molar-refractivity contribution in [2.75, 3.05) is 13.2 Å².